The second-order valence-corrected chi connectivity index (χ2v) is 7.69. The van der Waals surface area contributed by atoms with E-state index in [1.54, 1.807) is 12.1 Å². The SMILES string of the molecule is CC1CC[NH+](CC(=O)Nc2ccccc2C(=O)NCCc2ccccc2)CC1. The molecule has 0 unspecified atom stereocenters. The lowest BCUT2D eigenvalue weighted by molar-refractivity contribution is -0.897. The zero-order valence-electron chi connectivity index (χ0n) is 16.5. The summed E-state index contributed by atoms with van der Waals surface area (Å²) >= 11 is 0. The molecule has 0 atom stereocenters. The molecular weight excluding hydrogens is 350 g/mol. The van der Waals surface area contributed by atoms with Gasteiger partial charge < -0.3 is 15.5 Å². The maximum Gasteiger partial charge on any atom is 0.279 e. The van der Waals surface area contributed by atoms with Crippen molar-refractivity contribution in [2.45, 2.75) is 26.2 Å². The summed E-state index contributed by atoms with van der Waals surface area (Å²) in [5.41, 5.74) is 2.27. The van der Waals surface area contributed by atoms with Crippen molar-refractivity contribution in [2.24, 2.45) is 5.92 Å². The zero-order valence-corrected chi connectivity index (χ0v) is 16.5. The lowest BCUT2D eigenvalue weighted by atomic mass is 9.99. The fraction of sp³-hybridized carbons (Fsp3) is 0.391. The molecule has 0 radical (unpaired) electrons. The number of hydrogen-bond acceptors (Lipinski definition) is 2. The second-order valence-electron chi connectivity index (χ2n) is 7.69. The smallest absolute Gasteiger partial charge is 0.279 e. The Morgan fingerprint density at radius 1 is 1.00 bits per heavy atom. The number of para-hydroxylation sites is 1. The van der Waals surface area contributed by atoms with Gasteiger partial charge in [0.05, 0.1) is 24.3 Å². The normalized spacial score (nSPS) is 19.0. The van der Waals surface area contributed by atoms with Crippen LogP contribution in [0.1, 0.15) is 35.7 Å². The van der Waals surface area contributed by atoms with Crippen molar-refractivity contribution in [1.82, 2.24) is 5.32 Å². The Morgan fingerprint density at radius 3 is 2.43 bits per heavy atom. The lowest BCUT2D eigenvalue weighted by Gasteiger charge is -2.26. The number of nitrogens with one attached hydrogen (secondary N) is 3. The Labute approximate surface area is 167 Å². The zero-order chi connectivity index (χ0) is 19.8. The molecule has 1 aliphatic heterocycles. The molecule has 2 aromatic rings. The van der Waals surface area contributed by atoms with Crippen molar-refractivity contribution in [2.75, 3.05) is 31.5 Å². The van der Waals surface area contributed by atoms with E-state index in [9.17, 15) is 9.59 Å². The molecule has 5 nitrogen and oxygen atoms in total. The van der Waals surface area contributed by atoms with Gasteiger partial charge >= 0.3 is 0 Å². The Balaban J connectivity index is 1.53. The molecule has 0 spiro atoms. The van der Waals surface area contributed by atoms with Crippen LogP contribution in [-0.4, -0.2) is 38.0 Å². The summed E-state index contributed by atoms with van der Waals surface area (Å²) in [7, 11) is 0. The summed E-state index contributed by atoms with van der Waals surface area (Å²) in [6.45, 7) is 5.35. The van der Waals surface area contributed by atoms with E-state index in [4.69, 9.17) is 0 Å². The fourth-order valence-corrected chi connectivity index (χ4v) is 3.62. The monoisotopic (exact) mass is 380 g/mol. The van der Waals surface area contributed by atoms with Gasteiger partial charge in [0.25, 0.3) is 11.8 Å². The molecule has 1 saturated heterocycles. The minimum atomic E-state index is -0.161. The van der Waals surface area contributed by atoms with E-state index in [0.29, 0.717) is 24.3 Å². The highest BCUT2D eigenvalue weighted by Gasteiger charge is 2.22. The standard InChI is InChI=1S/C23H29N3O2/c1-18-12-15-26(16-13-18)17-22(27)25-21-10-6-5-9-20(21)23(28)24-14-11-19-7-3-2-4-8-19/h2-10,18H,11-17H2,1H3,(H,24,28)(H,25,27)/p+1. The summed E-state index contributed by atoms with van der Waals surface area (Å²) in [5.74, 6) is 0.562. The van der Waals surface area contributed by atoms with Gasteiger partial charge in [0.1, 0.15) is 0 Å². The Bertz CT molecular complexity index is 783. The summed E-state index contributed by atoms with van der Waals surface area (Å²) in [6, 6.07) is 17.3. The van der Waals surface area contributed by atoms with E-state index in [2.05, 4.69) is 17.6 Å². The van der Waals surface area contributed by atoms with Gasteiger partial charge in [-0.15, -0.1) is 0 Å². The average Bonchev–Trinajstić information content (AvgIpc) is 2.71. The van der Waals surface area contributed by atoms with E-state index in [0.717, 1.165) is 25.4 Å². The van der Waals surface area contributed by atoms with Crippen LogP contribution in [0.4, 0.5) is 5.69 Å². The van der Waals surface area contributed by atoms with Crippen molar-refractivity contribution < 1.29 is 14.5 Å². The minimum Gasteiger partial charge on any atom is -0.352 e. The van der Waals surface area contributed by atoms with Crippen molar-refractivity contribution in [1.29, 1.82) is 0 Å². The van der Waals surface area contributed by atoms with Crippen molar-refractivity contribution in [3.63, 3.8) is 0 Å². The molecule has 1 aliphatic rings. The topological polar surface area (TPSA) is 62.6 Å². The first-order valence-electron chi connectivity index (χ1n) is 10.2. The van der Waals surface area contributed by atoms with Gasteiger partial charge in [0, 0.05) is 6.54 Å². The summed E-state index contributed by atoms with van der Waals surface area (Å²) in [5, 5.41) is 5.89. The quantitative estimate of drug-likeness (QED) is 0.687. The molecule has 0 bridgehead atoms. The van der Waals surface area contributed by atoms with Crippen LogP contribution in [0.15, 0.2) is 54.6 Å². The number of benzene rings is 2. The van der Waals surface area contributed by atoms with Crippen LogP contribution in [0, 0.1) is 5.92 Å². The van der Waals surface area contributed by atoms with Crippen LogP contribution in [-0.2, 0) is 11.2 Å². The molecule has 5 heteroatoms. The predicted octanol–water partition coefficient (Wildman–Crippen LogP) is 1.91. The number of carbonyl (C=O) groups is 2. The number of carbonyl (C=O) groups excluding carboxylic acids is 2. The first-order chi connectivity index (χ1) is 13.6. The third kappa shape index (κ3) is 5.92. The van der Waals surface area contributed by atoms with Gasteiger partial charge in [-0.1, -0.05) is 49.4 Å². The third-order valence-electron chi connectivity index (χ3n) is 5.38. The molecule has 0 aromatic heterocycles. The van der Waals surface area contributed by atoms with Gasteiger partial charge in [0.15, 0.2) is 6.54 Å². The van der Waals surface area contributed by atoms with Gasteiger partial charge in [-0.3, -0.25) is 9.59 Å². The molecule has 3 rings (SSSR count). The van der Waals surface area contributed by atoms with Crippen LogP contribution in [0.3, 0.4) is 0 Å². The highest BCUT2D eigenvalue weighted by molar-refractivity contribution is 6.03. The Morgan fingerprint density at radius 2 is 1.68 bits per heavy atom. The number of hydrogen-bond donors (Lipinski definition) is 3. The van der Waals surface area contributed by atoms with E-state index in [-0.39, 0.29) is 11.8 Å². The number of rotatable bonds is 7. The molecule has 2 aromatic carbocycles. The van der Waals surface area contributed by atoms with Crippen molar-refractivity contribution in [3.05, 3.63) is 65.7 Å². The van der Waals surface area contributed by atoms with Crippen LogP contribution in [0.2, 0.25) is 0 Å². The maximum atomic E-state index is 12.6. The molecular formula is C23H30N3O2+. The molecule has 148 valence electrons. The van der Waals surface area contributed by atoms with Crippen LogP contribution < -0.4 is 15.5 Å². The number of anilines is 1. The Kier molecular flexibility index (Phi) is 7.20. The second kappa shape index (κ2) is 10.0. The number of amides is 2. The maximum absolute atomic E-state index is 12.6. The molecule has 1 heterocycles. The van der Waals surface area contributed by atoms with Gasteiger partial charge in [-0.2, -0.15) is 0 Å². The Hall–Kier alpha value is -2.66. The molecule has 2 amide bonds. The van der Waals surface area contributed by atoms with E-state index in [1.807, 2.05) is 42.5 Å². The summed E-state index contributed by atoms with van der Waals surface area (Å²) < 4.78 is 0. The fourth-order valence-electron chi connectivity index (χ4n) is 3.62. The van der Waals surface area contributed by atoms with Crippen molar-refractivity contribution >= 4 is 17.5 Å². The first-order valence-corrected chi connectivity index (χ1v) is 10.2. The van der Waals surface area contributed by atoms with Gasteiger partial charge in [-0.05, 0) is 42.9 Å². The van der Waals surface area contributed by atoms with Crippen LogP contribution in [0.5, 0.6) is 0 Å². The van der Waals surface area contributed by atoms with Crippen LogP contribution >= 0.6 is 0 Å². The number of likely N-dealkylation sites (tertiary alicyclic amines) is 1. The van der Waals surface area contributed by atoms with Crippen LogP contribution in [0.25, 0.3) is 0 Å². The number of piperidine rings is 1. The third-order valence-corrected chi connectivity index (χ3v) is 5.38. The van der Waals surface area contributed by atoms with Gasteiger partial charge in [0.2, 0.25) is 0 Å². The molecule has 3 N–H and O–H groups in total. The minimum absolute atomic E-state index is 0.0333. The molecule has 1 fully saturated rings. The van der Waals surface area contributed by atoms with E-state index < -0.39 is 0 Å². The predicted molar refractivity (Wildman–Crippen MR) is 112 cm³/mol. The average molecular weight is 381 g/mol. The number of quaternary nitrogens is 1. The largest absolute Gasteiger partial charge is 0.352 e. The first kappa shape index (κ1) is 20.1. The summed E-state index contributed by atoms with van der Waals surface area (Å²) in [6.07, 6.45) is 3.11. The highest BCUT2D eigenvalue weighted by atomic mass is 16.2. The van der Waals surface area contributed by atoms with E-state index in [1.165, 1.54) is 23.3 Å². The van der Waals surface area contributed by atoms with Gasteiger partial charge in [-0.25, -0.2) is 0 Å². The van der Waals surface area contributed by atoms with Crippen molar-refractivity contribution in [3.8, 4) is 0 Å². The molecule has 0 saturated carbocycles. The molecule has 28 heavy (non-hydrogen) atoms. The molecule has 0 aliphatic carbocycles. The summed E-state index contributed by atoms with van der Waals surface area (Å²) in [4.78, 5) is 26.4. The lowest BCUT2D eigenvalue weighted by Crippen LogP contribution is -3.14. The highest BCUT2D eigenvalue weighted by Crippen LogP contribution is 2.15. The van der Waals surface area contributed by atoms with E-state index >= 15 is 0 Å².